The first kappa shape index (κ1) is 12.7. The van der Waals surface area contributed by atoms with E-state index in [1.54, 1.807) is 0 Å². The van der Waals surface area contributed by atoms with E-state index >= 15 is 0 Å². The third-order valence-electron chi connectivity index (χ3n) is 5.04. The summed E-state index contributed by atoms with van der Waals surface area (Å²) in [6.07, 6.45) is 7.17. The Hall–Kier alpha value is -1.31. The van der Waals surface area contributed by atoms with Crippen LogP contribution in [0.25, 0.3) is 0 Å². The molecule has 1 heterocycles. The van der Waals surface area contributed by atoms with Gasteiger partial charge in [0.05, 0.1) is 0 Å². The third kappa shape index (κ3) is 1.89. The fourth-order valence-electron chi connectivity index (χ4n) is 4.12. The van der Waals surface area contributed by atoms with Crippen molar-refractivity contribution in [2.24, 2.45) is 17.8 Å². The van der Waals surface area contributed by atoms with Gasteiger partial charge in [0.1, 0.15) is 6.10 Å². The molecule has 1 saturated heterocycles. The van der Waals surface area contributed by atoms with E-state index in [4.69, 9.17) is 4.74 Å². The second-order valence-electron chi connectivity index (χ2n) is 6.07. The van der Waals surface area contributed by atoms with Crippen LogP contribution in [0.15, 0.2) is 36.0 Å². The van der Waals surface area contributed by atoms with Crippen molar-refractivity contribution in [1.29, 1.82) is 0 Å². The van der Waals surface area contributed by atoms with Crippen molar-refractivity contribution < 1.29 is 9.53 Å². The summed E-state index contributed by atoms with van der Waals surface area (Å²) in [4.78, 5) is 12.1. The first-order valence-electron chi connectivity index (χ1n) is 7.39. The molecule has 102 valence electrons. The molecule has 0 N–H and O–H groups in total. The highest BCUT2D eigenvalue weighted by molar-refractivity contribution is 5.91. The molecule has 0 unspecified atom stereocenters. The Morgan fingerprint density at radius 3 is 2.63 bits per heavy atom. The summed E-state index contributed by atoms with van der Waals surface area (Å²) < 4.78 is 5.73. The average Bonchev–Trinajstić information content (AvgIpc) is 2.85. The minimum absolute atomic E-state index is 0.0181. The van der Waals surface area contributed by atoms with Crippen LogP contribution in [0, 0.1) is 17.8 Å². The first-order chi connectivity index (χ1) is 9.13. The Labute approximate surface area is 115 Å². The van der Waals surface area contributed by atoms with Crippen LogP contribution < -0.4 is 0 Å². The average molecular weight is 258 g/mol. The lowest BCUT2D eigenvalue weighted by Crippen LogP contribution is -2.28. The molecule has 2 heteroatoms. The van der Waals surface area contributed by atoms with Gasteiger partial charge < -0.3 is 4.74 Å². The number of hydrogen-bond donors (Lipinski definition) is 0. The molecule has 2 nitrogen and oxygen atoms in total. The second kappa shape index (κ2) is 4.66. The van der Waals surface area contributed by atoms with E-state index in [9.17, 15) is 4.79 Å². The highest BCUT2D eigenvalue weighted by atomic mass is 16.6. The van der Waals surface area contributed by atoms with Gasteiger partial charge in [-0.05, 0) is 38.0 Å². The maximum absolute atomic E-state index is 12.1. The molecule has 2 aliphatic carbocycles. The smallest absolute Gasteiger partial charge is 0.334 e. The quantitative estimate of drug-likeness (QED) is 0.406. The summed E-state index contributed by atoms with van der Waals surface area (Å²) in [6.45, 7) is 10.6. The molecular weight excluding hydrogens is 236 g/mol. The molecule has 0 radical (unpaired) electrons. The molecule has 0 spiro atoms. The molecule has 19 heavy (non-hydrogen) atoms. The van der Waals surface area contributed by atoms with E-state index in [0.29, 0.717) is 11.8 Å². The van der Waals surface area contributed by atoms with Gasteiger partial charge in [0.2, 0.25) is 0 Å². The van der Waals surface area contributed by atoms with E-state index in [1.165, 1.54) is 11.1 Å². The van der Waals surface area contributed by atoms with E-state index in [2.05, 4.69) is 20.1 Å². The Kier molecular flexibility index (Phi) is 3.12. The molecule has 4 atom stereocenters. The van der Waals surface area contributed by atoms with Crippen LogP contribution in [0.4, 0.5) is 0 Å². The zero-order chi connectivity index (χ0) is 13.6. The van der Waals surface area contributed by atoms with Gasteiger partial charge in [0.15, 0.2) is 0 Å². The van der Waals surface area contributed by atoms with Crippen LogP contribution in [-0.4, -0.2) is 12.1 Å². The zero-order valence-electron chi connectivity index (χ0n) is 11.7. The largest absolute Gasteiger partial charge is 0.458 e. The lowest BCUT2D eigenvalue weighted by molar-refractivity contribution is -0.141. The number of rotatable bonds is 1. The topological polar surface area (TPSA) is 26.3 Å². The predicted octanol–water partition coefficient (Wildman–Crippen LogP) is 3.80. The number of carbonyl (C=O) groups excluding carboxylic acids is 1. The Morgan fingerprint density at radius 2 is 1.89 bits per heavy atom. The number of fused-ring (bicyclic) bond motifs is 3. The lowest BCUT2D eigenvalue weighted by atomic mass is 9.81. The van der Waals surface area contributed by atoms with E-state index < -0.39 is 0 Å². The summed E-state index contributed by atoms with van der Waals surface area (Å²) in [6, 6.07) is 0. The number of hydrogen-bond acceptors (Lipinski definition) is 2. The molecule has 0 aromatic carbocycles. The first-order valence-corrected chi connectivity index (χ1v) is 7.39. The van der Waals surface area contributed by atoms with Crippen molar-refractivity contribution in [3.63, 3.8) is 0 Å². The molecular formula is C17H22O2. The minimum atomic E-state index is -0.0946. The lowest BCUT2D eigenvalue weighted by Gasteiger charge is -2.26. The van der Waals surface area contributed by atoms with Crippen molar-refractivity contribution in [2.45, 2.75) is 45.1 Å². The van der Waals surface area contributed by atoms with E-state index in [-0.39, 0.29) is 18.0 Å². The second-order valence-corrected chi connectivity index (χ2v) is 6.07. The van der Waals surface area contributed by atoms with Crippen LogP contribution in [0.3, 0.4) is 0 Å². The standard InChI is InChI=1S/C17H22O2/c1-4-5-14-13-9-6-10(2)12-8-7-11(3)15(12)16(13)19-17(14)18/h5,12-13,15-16H,2-4,6-9H2,1H3/b14-5-/t12-,13-,15-,16-/m0/s1. The summed E-state index contributed by atoms with van der Waals surface area (Å²) in [5.41, 5.74) is 3.50. The molecule has 0 bridgehead atoms. The van der Waals surface area contributed by atoms with Gasteiger partial charge in [-0.15, -0.1) is 0 Å². The monoisotopic (exact) mass is 258 g/mol. The van der Waals surface area contributed by atoms with Crippen molar-refractivity contribution in [3.05, 3.63) is 36.0 Å². The van der Waals surface area contributed by atoms with Crippen LogP contribution in [-0.2, 0) is 9.53 Å². The van der Waals surface area contributed by atoms with Gasteiger partial charge in [0, 0.05) is 17.4 Å². The molecule has 3 fully saturated rings. The Bertz CT molecular complexity index is 472. The molecule has 3 aliphatic rings. The van der Waals surface area contributed by atoms with Crippen LogP contribution in [0.5, 0.6) is 0 Å². The normalized spacial score (nSPS) is 40.1. The molecule has 1 aliphatic heterocycles. The number of ether oxygens (including phenoxy) is 1. The summed E-state index contributed by atoms with van der Waals surface area (Å²) in [5.74, 6) is 0.958. The Morgan fingerprint density at radius 1 is 1.21 bits per heavy atom. The Balaban J connectivity index is 1.98. The van der Waals surface area contributed by atoms with Gasteiger partial charge in [-0.1, -0.05) is 37.3 Å². The van der Waals surface area contributed by atoms with Gasteiger partial charge >= 0.3 is 5.97 Å². The SMILES string of the molecule is C=C1CC[C@H]2C(=C)CC[C@H]3/C(=C/CC)C(=O)O[C@@H]3[C@@H]12. The molecule has 0 aromatic heterocycles. The maximum atomic E-state index is 12.1. The fraction of sp³-hybridized carbons (Fsp3) is 0.588. The summed E-state index contributed by atoms with van der Waals surface area (Å²) >= 11 is 0. The summed E-state index contributed by atoms with van der Waals surface area (Å²) in [5, 5.41) is 0. The third-order valence-corrected chi connectivity index (χ3v) is 5.04. The van der Waals surface area contributed by atoms with Crippen molar-refractivity contribution in [1.82, 2.24) is 0 Å². The molecule has 0 aromatic rings. The molecule has 0 amide bonds. The van der Waals surface area contributed by atoms with Gasteiger partial charge in [-0.25, -0.2) is 4.79 Å². The number of esters is 1. The summed E-state index contributed by atoms with van der Waals surface area (Å²) in [7, 11) is 0. The van der Waals surface area contributed by atoms with E-state index in [0.717, 1.165) is 37.7 Å². The maximum Gasteiger partial charge on any atom is 0.334 e. The van der Waals surface area contributed by atoms with E-state index in [1.807, 2.05) is 6.08 Å². The van der Waals surface area contributed by atoms with Crippen LogP contribution >= 0.6 is 0 Å². The molecule has 2 saturated carbocycles. The van der Waals surface area contributed by atoms with Crippen molar-refractivity contribution in [2.75, 3.05) is 0 Å². The van der Waals surface area contributed by atoms with Crippen LogP contribution in [0.2, 0.25) is 0 Å². The van der Waals surface area contributed by atoms with Gasteiger partial charge in [-0.2, -0.15) is 0 Å². The minimum Gasteiger partial charge on any atom is -0.458 e. The van der Waals surface area contributed by atoms with Gasteiger partial charge in [0.25, 0.3) is 0 Å². The van der Waals surface area contributed by atoms with Crippen molar-refractivity contribution in [3.8, 4) is 0 Å². The highest BCUT2D eigenvalue weighted by Gasteiger charge is 2.50. The zero-order valence-corrected chi connectivity index (χ0v) is 11.7. The predicted molar refractivity (Wildman–Crippen MR) is 75.5 cm³/mol. The fourth-order valence-corrected chi connectivity index (χ4v) is 4.12. The highest BCUT2D eigenvalue weighted by Crippen LogP contribution is 2.52. The number of allylic oxidation sites excluding steroid dienone is 2. The number of carbonyl (C=O) groups is 1. The van der Waals surface area contributed by atoms with Crippen molar-refractivity contribution >= 4 is 5.97 Å². The van der Waals surface area contributed by atoms with Crippen LogP contribution in [0.1, 0.15) is 39.0 Å². The molecule has 3 rings (SSSR count). The van der Waals surface area contributed by atoms with Gasteiger partial charge in [-0.3, -0.25) is 0 Å².